The molecule has 19 heavy (non-hydrogen) atoms. The first-order valence-corrected chi connectivity index (χ1v) is 9.30. The van der Waals surface area contributed by atoms with Crippen LogP contribution in [-0.4, -0.2) is 55.5 Å². The summed E-state index contributed by atoms with van der Waals surface area (Å²) in [6.07, 6.45) is 4.50. The summed E-state index contributed by atoms with van der Waals surface area (Å²) in [5.74, 6) is 0.757. The minimum Gasteiger partial charge on any atom is -0.311 e. The Morgan fingerprint density at radius 2 is 1.95 bits per heavy atom. The van der Waals surface area contributed by atoms with E-state index in [-0.39, 0.29) is 11.6 Å². The molecule has 5 heteroatoms. The zero-order valence-electron chi connectivity index (χ0n) is 12.5. The van der Waals surface area contributed by atoms with E-state index >= 15 is 0 Å². The molecule has 4 nitrogen and oxygen atoms in total. The Labute approximate surface area is 117 Å². The summed E-state index contributed by atoms with van der Waals surface area (Å²) in [5, 5.41) is 3.57. The van der Waals surface area contributed by atoms with Crippen LogP contribution in [0, 0.1) is 0 Å². The molecule has 0 bridgehead atoms. The van der Waals surface area contributed by atoms with Crippen LogP contribution in [0.4, 0.5) is 0 Å². The average molecular weight is 288 g/mol. The van der Waals surface area contributed by atoms with Crippen molar-refractivity contribution in [3.63, 3.8) is 0 Å². The molecule has 0 aliphatic carbocycles. The predicted molar refractivity (Wildman–Crippen MR) is 79.2 cm³/mol. The van der Waals surface area contributed by atoms with Crippen LogP contribution in [0.1, 0.15) is 46.5 Å². The Morgan fingerprint density at radius 1 is 1.21 bits per heavy atom. The summed E-state index contributed by atoms with van der Waals surface area (Å²) >= 11 is 0. The van der Waals surface area contributed by atoms with Crippen LogP contribution in [-0.2, 0) is 9.84 Å². The first-order valence-electron chi connectivity index (χ1n) is 7.48. The van der Waals surface area contributed by atoms with Gasteiger partial charge in [0.1, 0.15) is 0 Å². The van der Waals surface area contributed by atoms with Crippen LogP contribution in [0.15, 0.2) is 0 Å². The van der Waals surface area contributed by atoms with E-state index in [0.717, 1.165) is 19.5 Å². The molecular weight excluding hydrogens is 260 g/mol. The van der Waals surface area contributed by atoms with E-state index in [1.165, 1.54) is 19.3 Å². The monoisotopic (exact) mass is 288 g/mol. The standard InChI is InChI=1S/C14H28N2O2S/c1-14(2,3)15-10-12-6-4-5-8-16(12)13-7-9-19(17,18)11-13/h12-13,15H,4-11H2,1-3H3. The van der Waals surface area contributed by atoms with Crippen LogP contribution in [0.3, 0.4) is 0 Å². The van der Waals surface area contributed by atoms with Crippen LogP contribution >= 0.6 is 0 Å². The molecule has 2 aliphatic rings. The summed E-state index contributed by atoms with van der Waals surface area (Å²) < 4.78 is 23.3. The highest BCUT2D eigenvalue weighted by atomic mass is 32.2. The Morgan fingerprint density at radius 3 is 2.53 bits per heavy atom. The molecule has 2 fully saturated rings. The normalized spacial score (nSPS) is 32.6. The summed E-state index contributed by atoms with van der Waals surface area (Å²) in [7, 11) is -2.77. The average Bonchev–Trinajstić information content (AvgIpc) is 2.66. The fourth-order valence-corrected chi connectivity index (χ4v) is 4.93. The lowest BCUT2D eigenvalue weighted by Crippen LogP contribution is -2.53. The Bertz CT molecular complexity index is 400. The van der Waals surface area contributed by atoms with Crippen LogP contribution in [0.25, 0.3) is 0 Å². The van der Waals surface area contributed by atoms with Gasteiger partial charge in [-0.25, -0.2) is 8.42 Å². The van der Waals surface area contributed by atoms with Crippen LogP contribution < -0.4 is 5.32 Å². The lowest BCUT2D eigenvalue weighted by atomic mass is 9.98. The van der Waals surface area contributed by atoms with E-state index in [1.807, 2.05) is 0 Å². The molecule has 0 saturated carbocycles. The van der Waals surface area contributed by atoms with Crippen molar-refractivity contribution >= 4 is 9.84 Å². The van der Waals surface area contributed by atoms with Crippen molar-refractivity contribution in [2.75, 3.05) is 24.6 Å². The lowest BCUT2D eigenvalue weighted by molar-refractivity contribution is 0.0999. The van der Waals surface area contributed by atoms with E-state index in [0.29, 0.717) is 17.5 Å². The minimum atomic E-state index is -2.77. The van der Waals surface area contributed by atoms with E-state index < -0.39 is 9.84 Å². The number of rotatable bonds is 3. The second-order valence-corrected chi connectivity index (χ2v) is 9.30. The van der Waals surface area contributed by atoms with Gasteiger partial charge in [-0.1, -0.05) is 6.42 Å². The molecule has 2 rings (SSSR count). The highest BCUT2D eigenvalue weighted by molar-refractivity contribution is 7.91. The number of sulfone groups is 1. The molecule has 0 spiro atoms. The van der Waals surface area contributed by atoms with Gasteiger partial charge in [0.05, 0.1) is 11.5 Å². The van der Waals surface area contributed by atoms with Gasteiger partial charge >= 0.3 is 0 Å². The maximum Gasteiger partial charge on any atom is 0.151 e. The highest BCUT2D eigenvalue weighted by Gasteiger charge is 2.36. The summed E-state index contributed by atoms with van der Waals surface area (Å²) in [5.41, 5.74) is 0.130. The molecule has 112 valence electrons. The van der Waals surface area contributed by atoms with Crippen molar-refractivity contribution in [3.05, 3.63) is 0 Å². The van der Waals surface area contributed by atoms with Gasteiger partial charge in [0.25, 0.3) is 0 Å². The number of hydrogen-bond acceptors (Lipinski definition) is 4. The SMILES string of the molecule is CC(C)(C)NCC1CCCCN1C1CCS(=O)(=O)C1. The van der Waals surface area contributed by atoms with Crippen LogP contribution in [0.5, 0.6) is 0 Å². The summed E-state index contributed by atoms with van der Waals surface area (Å²) in [4.78, 5) is 2.47. The van der Waals surface area contributed by atoms with Crippen molar-refractivity contribution in [3.8, 4) is 0 Å². The zero-order chi connectivity index (χ0) is 14.1. The molecule has 2 heterocycles. The molecule has 2 unspecified atom stereocenters. The van der Waals surface area contributed by atoms with Crippen molar-refractivity contribution in [2.24, 2.45) is 0 Å². The van der Waals surface area contributed by atoms with E-state index in [4.69, 9.17) is 0 Å². The maximum absolute atomic E-state index is 11.7. The van der Waals surface area contributed by atoms with Gasteiger partial charge in [0.2, 0.25) is 0 Å². The van der Waals surface area contributed by atoms with Gasteiger partial charge in [-0.2, -0.15) is 0 Å². The van der Waals surface area contributed by atoms with Gasteiger partial charge in [-0.05, 0) is 46.6 Å². The topological polar surface area (TPSA) is 49.4 Å². The molecule has 1 N–H and O–H groups in total. The maximum atomic E-state index is 11.7. The first-order chi connectivity index (χ1) is 8.77. The van der Waals surface area contributed by atoms with Gasteiger partial charge in [-0.15, -0.1) is 0 Å². The summed E-state index contributed by atoms with van der Waals surface area (Å²) in [6, 6.07) is 0.767. The number of nitrogens with one attached hydrogen (secondary N) is 1. The minimum absolute atomic E-state index is 0.130. The largest absolute Gasteiger partial charge is 0.311 e. The lowest BCUT2D eigenvalue weighted by Gasteiger charge is -2.40. The molecule has 2 aliphatic heterocycles. The Balaban J connectivity index is 1.96. The van der Waals surface area contributed by atoms with Crippen LogP contribution in [0.2, 0.25) is 0 Å². The molecule has 0 amide bonds. The predicted octanol–water partition coefficient (Wildman–Crippen LogP) is 1.42. The van der Waals surface area contributed by atoms with Gasteiger partial charge in [-0.3, -0.25) is 4.90 Å². The number of nitrogens with zero attached hydrogens (tertiary/aromatic N) is 1. The Hall–Kier alpha value is -0.130. The molecule has 0 aromatic heterocycles. The van der Waals surface area contributed by atoms with E-state index in [9.17, 15) is 8.42 Å². The fraction of sp³-hybridized carbons (Fsp3) is 1.00. The smallest absolute Gasteiger partial charge is 0.151 e. The van der Waals surface area contributed by atoms with Crippen molar-refractivity contribution in [1.29, 1.82) is 0 Å². The summed E-state index contributed by atoms with van der Waals surface area (Å²) in [6.45, 7) is 8.58. The third-order valence-corrected chi connectivity index (χ3v) is 5.97. The molecule has 0 aromatic rings. The van der Waals surface area contributed by atoms with E-state index in [1.54, 1.807) is 0 Å². The van der Waals surface area contributed by atoms with Gasteiger partial charge in [0, 0.05) is 24.2 Å². The zero-order valence-corrected chi connectivity index (χ0v) is 13.3. The Kier molecular flexibility index (Phi) is 4.58. The van der Waals surface area contributed by atoms with Gasteiger partial charge < -0.3 is 5.32 Å². The van der Waals surface area contributed by atoms with Crippen molar-refractivity contribution in [1.82, 2.24) is 10.2 Å². The third-order valence-electron chi connectivity index (χ3n) is 4.22. The fourth-order valence-electron chi connectivity index (χ4n) is 3.18. The molecule has 0 radical (unpaired) electrons. The van der Waals surface area contributed by atoms with Crippen molar-refractivity contribution in [2.45, 2.75) is 64.1 Å². The first kappa shape index (κ1) is 15.3. The second kappa shape index (κ2) is 5.70. The molecular formula is C14H28N2O2S. The molecule has 0 aromatic carbocycles. The number of piperidine rings is 1. The number of likely N-dealkylation sites (tertiary alicyclic amines) is 1. The third kappa shape index (κ3) is 4.43. The van der Waals surface area contributed by atoms with E-state index in [2.05, 4.69) is 31.0 Å². The van der Waals surface area contributed by atoms with Gasteiger partial charge in [0.15, 0.2) is 9.84 Å². The molecule has 2 saturated heterocycles. The quantitative estimate of drug-likeness (QED) is 0.853. The van der Waals surface area contributed by atoms with Crippen molar-refractivity contribution < 1.29 is 8.42 Å². The highest BCUT2D eigenvalue weighted by Crippen LogP contribution is 2.25. The molecule has 2 atom stereocenters. The second-order valence-electron chi connectivity index (χ2n) is 7.08. The number of hydrogen-bond donors (Lipinski definition) is 1.